The zero-order valence-corrected chi connectivity index (χ0v) is 16.9. The lowest BCUT2D eigenvalue weighted by molar-refractivity contribution is -0.136. The van der Waals surface area contributed by atoms with E-state index in [0.29, 0.717) is 17.7 Å². The Hall–Kier alpha value is -3.52. The lowest BCUT2D eigenvalue weighted by atomic mass is 9.99. The molecule has 1 saturated heterocycles. The molecule has 0 aliphatic carbocycles. The first-order valence-corrected chi connectivity index (χ1v) is 10.4. The van der Waals surface area contributed by atoms with Crippen molar-refractivity contribution in [2.45, 2.75) is 38.4 Å². The summed E-state index contributed by atoms with van der Waals surface area (Å²) < 4.78 is 0. The van der Waals surface area contributed by atoms with Gasteiger partial charge in [-0.15, -0.1) is 0 Å². The summed E-state index contributed by atoms with van der Waals surface area (Å²) in [4.78, 5) is 50.4. The highest BCUT2D eigenvalue weighted by Gasteiger charge is 2.44. The van der Waals surface area contributed by atoms with Crippen LogP contribution in [0.4, 0.5) is 5.69 Å². The molecule has 0 bridgehead atoms. The van der Waals surface area contributed by atoms with E-state index in [4.69, 9.17) is 0 Å². The topological polar surface area (TPSA) is 108 Å². The summed E-state index contributed by atoms with van der Waals surface area (Å²) in [6, 6.07) is 10.4. The number of amides is 4. The number of hydrogen-bond acceptors (Lipinski definition) is 6. The summed E-state index contributed by atoms with van der Waals surface area (Å²) in [5.74, 6) is -1.96. The largest absolute Gasteiger partial charge is 0.381 e. The summed E-state index contributed by atoms with van der Waals surface area (Å²) in [7, 11) is 0. The molecule has 2 aromatic carbocycles. The normalized spacial score (nSPS) is 20.4. The summed E-state index contributed by atoms with van der Waals surface area (Å²) in [5, 5.41) is 9.03. The van der Waals surface area contributed by atoms with E-state index in [1.54, 1.807) is 12.1 Å². The molecule has 158 valence electrons. The summed E-state index contributed by atoms with van der Waals surface area (Å²) in [5.41, 5.74) is 5.13. The number of hydrogen-bond donors (Lipinski definition) is 3. The minimum atomic E-state index is -0.948. The number of piperidine rings is 1. The van der Waals surface area contributed by atoms with Crippen LogP contribution in [0.5, 0.6) is 0 Å². The van der Waals surface area contributed by atoms with E-state index in [-0.39, 0.29) is 18.7 Å². The highest BCUT2D eigenvalue weighted by Crippen LogP contribution is 2.29. The Labute approximate surface area is 179 Å². The van der Waals surface area contributed by atoms with E-state index >= 15 is 0 Å². The van der Waals surface area contributed by atoms with Crippen molar-refractivity contribution in [3.8, 4) is 0 Å². The first-order chi connectivity index (χ1) is 15.0. The Morgan fingerprint density at radius 1 is 1.00 bits per heavy atom. The van der Waals surface area contributed by atoms with Crippen molar-refractivity contribution in [1.82, 2.24) is 15.5 Å². The number of carbonyl (C=O) groups excluding carboxylic acids is 4. The maximum atomic E-state index is 13.0. The van der Waals surface area contributed by atoms with Crippen LogP contribution < -0.4 is 16.0 Å². The first-order valence-electron chi connectivity index (χ1n) is 10.4. The monoisotopic (exact) mass is 418 g/mol. The number of nitrogens with zero attached hydrogens (tertiary/aromatic N) is 1. The van der Waals surface area contributed by atoms with Gasteiger partial charge in [-0.25, -0.2) is 0 Å². The average molecular weight is 418 g/mol. The second kappa shape index (κ2) is 7.63. The van der Waals surface area contributed by atoms with Crippen molar-refractivity contribution in [3.05, 3.63) is 64.2 Å². The molecule has 5 rings (SSSR count). The molecule has 3 aliphatic heterocycles. The van der Waals surface area contributed by atoms with Crippen molar-refractivity contribution < 1.29 is 19.2 Å². The molecule has 0 radical (unpaired) electrons. The molecule has 0 saturated carbocycles. The maximum absolute atomic E-state index is 13.0. The van der Waals surface area contributed by atoms with Gasteiger partial charge in [0.25, 0.3) is 11.8 Å². The quantitative estimate of drug-likeness (QED) is 0.647. The maximum Gasteiger partial charge on any atom is 0.262 e. The van der Waals surface area contributed by atoms with Gasteiger partial charge in [0.2, 0.25) is 11.8 Å². The molecular weight excluding hydrogens is 396 g/mol. The van der Waals surface area contributed by atoms with Crippen molar-refractivity contribution >= 4 is 29.3 Å². The van der Waals surface area contributed by atoms with Gasteiger partial charge in [0.1, 0.15) is 6.04 Å². The van der Waals surface area contributed by atoms with Gasteiger partial charge in [0, 0.05) is 25.2 Å². The molecule has 3 N–H and O–H groups in total. The molecule has 0 spiro atoms. The molecule has 8 nitrogen and oxygen atoms in total. The molecular formula is C23H22N4O4. The fourth-order valence-electron chi connectivity index (χ4n) is 4.52. The number of carbonyl (C=O) groups is 4. The van der Waals surface area contributed by atoms with Gasteiger partial charge < -0.3 is 10.6 Å². The highest BCUT2D eigenvalue weighted by atomic mass is 16.2. The number of fused-ring (bicyclic) bond motifs is 2. The molecule has 1 atom stereocenters. The lowest BCUT2D eigenvalue weighted by Crippen LogP contribution is -2.54. The van der Waals surface area contributed by atoms with E-state index in [2.05, 4.69) is 28.1 Å². The Bertz CT molecular complexity index is 1130. The molecule has 1 fully saturated rings. The van der Waals surface area contributed by atoms with E-state index in [9.17, 15) is 19.2 Å². The fraction of sp³-hybridized carbons (Fsp3) is 0.304. The second-order valence-corrected chi connectivity index (χ2v) is 8.05. The van der Waals surface area contributed by atoms with Gasteiger partial charge >= 0.3 is 0 Å². The van der Waals surface area contributed by atoms with Gasteiger partial charge in [-0.3, -0.25) is 29.4 Å². The number of nitrogens with one attached hydrogen (secondary N) is 3. The Kier molecular flexibility index (Phi) is 4.78. The average Bonchev–Trinajstić information content (AvgIpc) is 3.02. The third kappa shape index (κ3) is 3.38. The predicted molar refractivity (Wildman–Crippen MR) is 112 cm³/mol. The highest BCUT2D eigenvalue weighted by molar-refractivity contribution is 6.23. The summed E-state index contributed by atoms with van der Waals surface area (Å²) >= 11 is 0. The molecule has 4 amide bonds. The van der Waals surface area contributed by atoms with Crippen molar-refractivity contribution in [2.75, 3.05) is 11.9 Å². The lowest BCUT2D eigenvalue weighted by Gasteiger charge is -2.27. The van der Waals surface area contributed by atoms with Gasteiger partial charge in [-0.2, -0.15) is 0 Å². The van der Waals surface area contributed by atoms with Gasteiger partial charge in [-0.05, 0) is 54.3 Å². The molecule has 3 aliphatic rings. The van der Waals surface area contributed by atoms with Crippen molar-refractivity contribution in [2.24, 2.45) is 0 Å². The van der Waals surface area contributed by atoms with Gasteiger partial charge in [-0.1, -0.05) is 18.2 Å². The van der Waals surface area contributed by atoms with Crippen LogP contribution in [-0.2, 0) is 29.1 Å². The van der Waals surface area contributed by atoms with Crippen LogP contribution in [0.1, 0.15) is 50.2 Å². The van der Waals surface area contributed by atoms with Crippen LogP contribution in [0.25, 0.3) is 0 Å². The molecule has 8 heteroatoms. The van der Waals surface area contributed by atoms with E-state index < -0.39 is 23.8 Å². The second-order valence-electron chi connectivity index (χ2n) is 8.05. The summed E-state index contributed by atoms with van der Waals surface area (Å²) in [6.45, 7) is 2.31. The number of anilines is 1. The molecule has 2 aromatic rings. The van der Waals surface area contributed by atoms with E-state index in [0.717, 1.165) is 35.7 Å². The van der Waals surface area contributed by atoms with Crippen LogP contribution in [-0.4, -0.2) is 41.1 Å². The fourth-order valence-corrected chi connectivity index (χ4v) is 4.52. The predicted octanol–water partition coefficient (Wildman–Crippen LogP) is 1.35. The summed E-state index contributed by atoms with van der Waals surface area (Å²) in [6.07, 6.45) is 1.21. The third-order valence-corrected chi connectivity index (χ3v) is 6.13. The number of rotatable bonds is 4. The van der Waals surface area contributed by atoms with Crippen molar-refractivity contribution in [3.63, 3.8) is 0 Å². The van der Waals surface area contributed by atoms with Crippen molar-refractivity contribution in [1.29, 1.82) is 0 Å². The Morgan fingerprint density at radius 3 is 2.68 bits per heavy atom. The first kappa shape index (κ1) is 19.4. The molecule has 31 heavy (non-hydrogen) atoms. The Morgan fingerprint density at radius 2 is 1.84 bits per heavy atom. The van der Waals surface area contributed by atoms with Gasteiger partial charge in [0.15, 0.2) is 0 Å². The zero-order valence-electron chi connectivity index (χ0n) is 16.9. The SMILES string of the molecule is O=C1CCC(N2C(=O)c3ccc(CNc4cccc5c4CCNC5)cc3C2=O)C(=O)N1. The van der Waals surface area contributed by atoms with Crippen LogP contribution in [0, 0.1) is 0 Å². The van der Waals surface area contributed by atoms with Crippen LogP contribution in [0.2, 0.25) is 0 Å². The minimum absolute atomic E-state index is 0.107. The smallest absolute Gasteiger partial charge is 0.262 e. The number of benzene rings is 2. The molecule has 1 unspecified atom stereocenters. The molecule has 0 aromatic heterocycles. The zero-order chi connectivity index (χ0) is 21.5. The van der Waals surface area contributed by atoms with Crippen LogP contribution in [0.15, 0.2) is 36.4 Å². The van der Waals surface area contributed by atoms with E-state index in [1.807, 2.05) is 12.1 Å². The Balaban J connectivity index is 1.35. The van der Waals surface area contributed by atoms with Crippen LogP contribution in [0.3, 0.4) is 0 Å². The number of imide groups is 2. The van der Waals surface area contributed by atoms with Crippen LogP contribution >= 0.6 is 0 Å². The molecule has 3 heterocycles. The van der Waals surface area contributed by atoms with Gasteiger partial charge in [0.05, 0.1) is 11.1 Å². The minimum Gasteiger partial charge on any atom is -0.381 e. The standard InChI is InChI=1S/C23H22N4O4/c28-20-7-6-19(21(29)26-20)27-22(30)16-5-4-13(10-17(16)23(27)31)11-25-18-3-1-2-14-12-24-9-8-15(14)18/h1-5,10,19,24-25H,6-9,11-12H2,(H,26,28,29). The van der Waals surface area contributed by atoms with E-state index in [1.165, 1.54) is 11.1 Å². The third-order valence-electron chi connectivity index (χ3n) is 6.13.